The van der Waals surface area contributed by atoms with E-state index in [9.17, 15) is 4.79 Å². The van der Waals surface area contributed by atoms with Crippen molar-refractivity contribution >= 4 is 28.9 Å². The lowest BCUT2D eigenvalue weighted by Gasteiger charge is -2.16. The molecule has 19 heavy (non-hydrogen) atoms. The van der Waals surface area contributed by atoms with Crippen LogP contribution >= 0.6 is 12.2 Å². The first kappa shape index (κ1) is 13.8. The van der Waals surface area contributed by atoms with Crippen LogP contribution < -0.4 is 11.1 Å². The highest BCUT2D eigenvalue weighted by Gasteiger charge is 2.20. The van der Waals surface area contributed by atoms with Crippen LogP contribution in [0.5, 0.6) is 0 Å². The SMILES string of the molecule is Cc1nn(C)c(NCC(=O)N2CCCC2)c1C(N)=S. The second-order valence-electron chi connectivity index (χ2n) is 4.74. The molecule has 1 fully saturated rings. The molecule has 1 aromatic heterocycles. The van der Waals surface area contributed by atoms with E-state index in [1.54, 1.807) is 11.7 Å². The Morgan fingerprint density at radius 2 is 2.11 bits per heavy atom. The van der Waals surface area contributed by atoms with E-state index in [2.05, 4.69) is 10.4 Å². The van der Waals surface area contributed by atoms with E-state index < -0.39 is 0 Å². The number of carbonyl (C=O) groups is 1. The Hall–Kier alpha value is -1.63. The predicted molar refractivity (Wildman–Crippen MR) is 78.1 cm³/mol. The van der Waals surface area contributed by atoms with Crippen molar-refractivity contribution in [3.8, 4) is 0 Å². The number of likely N-dealkylation sites (tertiary alicyclic amines) is 1. The molecule has 1 saturated heterocycles. The molecule has 6 nitrogen and oxygen atoms in total. The molecule has 0 unspecified atom stereocenters. The molecule has 1 aromatic rings. The Bertz CT molecular complexity index is 504. The third-order valence-corrected chi connectivity index (χ3v) is 3.54. The molecule has 0 aliphatic carbocycles. The number of rotatable bonds is 4. The van der Waals surface area contributed by atoms with Gasteiger partial charge in [0.15, 0.2) is 0 Å². The van der Waals surface area contributed by atoms with Crippen molar-refractivity contribution in [2.45, 2.75) is 19.8 Å². The molecular formula is C12H19N5OS. The molecule has 0 atom stereocenters. The van der Waals surface area contributed by atoms with Gasteiger partial charge in [-0.2, -0.15) is 5.10 Å². The summed E-state index contributed by atoms with van der Waals surface area (Å²) in [5, 5.41) is 7.37. The van der Waals surface area contributed by atoms with Gasteiger partial charge < -0.3 is 16.0 Å². The Morgan fingerprint density at radius 1 is 1.47 bits per heavy atom. The molecule has 0 aromatic carbocycles. The molecule has 0 spiro atoms. The normalized spacial score (nSPS) is 14.7. The summed E-state index contributed by atoms with van der Waals surface area (Å²) in [5.74, 6) is 0.808. The van der Waals surface area contributed by atoms with E-state index in [1.165, 1.54) is 0 Å². The van der Waals surface area contributed by atoms with Gasteiger partial charge in [-0.3, -0.25) is 9.48 Å². The van der Waals surface area contributed by atoms with Gasteiger partial charge in [0.25, 0.3) is 0 Å². The summed E-state index contributed by atoms with van der Waals surface area (Å²) in [5.41, 5.74) is 7.18. The Kier molecular flexibility index (Phi) is 4.04. The van der Waals surface area contributed by atoms with Gasteiger partial charge >= 0.3 is 0 Å². The fraction of sp³-hybridized carbons (Fsp3) is 0.583. The average molecular weight is 281 g/mol. The lowest BCUT2D eigenvalue weighted by molar-refractivity contribution is -0.128. The van der Waals surface area contributed by atoms with E-state index in [1.807, 2.05) is 11.8 Å². The fourth-order valence-electron chi connectivity index (χ4n) is 2.39. The van der Waals surface area contributed by atoms with E-state index in [0.29, 0.717) is 16.4 Å². The van der Waals surface area contributed by atoms with Gasteiger partial charge in [0.05, 0.1) is 17.8 Å². The highest BCUT2D eigenvalue weighted by Crippen LogP contribution is 2.18. The maximum absolute atomic E-state index is 12.0. The maximum atomic E-state index is 12.0. The molecule has 1 aliphatic heterocycles. The monoisotopic (exact) mass is 281 g/mol. The van der Waals surface area contributed by atoms with E-state index in [4.69, 9.17) is 18.0 Å². The van der Waals surface area contributed by atoms with E-state index in [0.717, 1.165) is 31.6 Å². The first-order valence-electron chi connectivity index (χ1n) is 6.35. The van der Waals surface area contributed by atoms with E-state index in [-0.39, 0.29) is 12.5 Å². The number of nitrogens with two attached hydrogens (primary N) is 1. The van der Waals surface area contributed by atoms with Crippen molar-refractivity contribution in [2.24, 2.45) is 12.8 Å². The first-order valence-corrected chi connectivity index (χ1v) is 6.76. The number of hydrogen-bond donors (Lipinski definition) is 2. The van der Waals surface area contributed by atoms with Crippen molar-refractivity contribution in [3.63, 3.8) is 0 Å². The molecule has 1 amide bonds. The highest BCUT2D eigenvalue weighted by molar-refractivity contribution is 7.80. The second kappa shape index (κ2) is 5.56. The number of hydrogen-bond acceptors (Lipinski definition) is 4. The van der Waals surface area contributed by atoms with E-state index >= 15 is 0 Å². The topological polar surface area (TPSA) is 76.2 Å². The lowest BCUT2D eigenvalue weighted by atomic mass is 10.2. The molecule has 0 saturated carbocycles. The molecule has 2 rings (SSSR count). The summed E-state index contributed by atoms with van der Waals surface area (Å²) in [6, 6.07) is 0. The number of nitrogens with one attached hydrogen (secondary N) is 1. The van der Waals surface area contributed by atoms with Crippen molar-refractivity contribution < 1.29 is 4.79 Å². The van der Waals surface area contributed by atoms with Crippen LogP contribution in [0.3, 0.4) is 0 Å². The van der Waals surface area contributed by atoms with Gasteiger partial charge in [0, 0.05) is 20.1 Å². The lowest BCUT2D eigenvalue weighted by Crippen LogP contribution is -2.33. The molecular weight excluding hydrogens is 262 g/mol. The van der Waals surface area contributed by atoms with Crippen molar-refractivity contribution in [1.82, 2.24) is 14.7 Å². The Labute approximate surface area is 117 Å². The van der Waals surface area contributed by atoms with Gasteiger partial charge in [-0.05, 0) is 19.8 Å². The zero-order valence-corrected chi connectivity index (χ0v) is 12.1. The predicted octanol–water partition coefficient (Wildman–Crippen LogP) is 0.397. The highest BCUT2D eigenvalue weighted by atomic mass is 32.1. The Morgan fingerprint density at radius 3 is 2.68 bits per heavy atom. The largest absolute Gasteiger partial charge is 0.389 e. The summed E-state index contributed by atoms with van der Waals surface area (Å²) in [4.78, 5) is 14.2. The van der Waals surface area contributed by atoms with Crippen LogP contribution in [0.2, 0.25) is 0 Å². The van der Waals surface area contributed by atoms with Gasteiger partial charge in [-0.25, -0.2) is 0 Å². The maximum Gasteiger partial charge on any atom is 0.241 e. The molecule has 3 N–H and O–H groups in total. The van der Waals surface area contributed by atoms with Gasteiger partial charge in [-0.15, -0.1) is 0 Å². The quantitative estimate of drug-likeness (QED) is 0.781. The third-order valence-electron chi connectivity index (χ3n) is 3.33. The number of nitrogens with zero attached hydrogens (tertiary/aromatic N) is 3. The van der Waals surface area contributed by atoms with Crippen LogP contribution in [0.4, 0.5) is 5.82 Å². The van der Waals surface area contributed by atoms with Gasteiger partial charge in [-0.1, -0.05) is 12.2 Å². The first-order chi connectivity index (χ1) is 9.00. The number of amides is 1. The standard InChI is InChI=1S/C12H19N5OS/c1-8-10(11(13)19)12(16(2)15-8)14-7-9(18)17-5-3-4-6-17/h14H,3-7H2,1-2H3,(H2,13,19). The van der Waals surface area contributed by atoms with Gasteiger partial charge in [0.1, 0.15) is 10.8 Å². The number of anilines is 1. The van der Waals surface area contributed by atoms with Crippen LogP contribution in [0, 0.1) is 6.92 Å². The van der Waals surface area contributed by atoms with Crippen LogP contribution in [-0.4, -0.2) is 45.2 Å². The summed E-state index contributed by atoms with van der Waals surface area (Å²) >= 11 is 5.03. The summed E-state index contributed by atoms with van der Waals surface area (Å²) in [6.45, 7) is 3.80. The molecule has 7 heteroatoms. The zero-order valence-electron chi connectivity index (χ0n) is 11.3. The summed E-state index contributed by atoms with van der Waals surface area (Å²) in [6.07, 6.45) is 2.18. The van der Waals surface area contributed by atoms with Crippen LogP contribution in [0.1, 0.15) is 24.1 Å². The van der Waals surface area contributed by atoms with Crippen LogP contribution in [-0.2, 0) is 11.8 Å². The summed E-state index contributed by atoms with van der Waals surface area (Å²) < 4.78 is 1.67. The van der Waals surface area contributed by atoms with Crippen molar-refractivity contribution in [2.75, 3.05) is 25.0 Å². The summed E-state index contributed by atoms with van der Waals surface area (Å²) in [7, 11) is 1.80. The smallest absolute Gasteiger partial charge is 0.241 e. The minimum absolute atomic E-state index is 0.102. The number of aryl methyl sites for hydroxylation is 2. The number of aromatic nitrogens is 2. The van der Waals surface area contributed by atoms with Crippen molar-refractivity contribution in [3.05, 3.63) is 11.3 Å². The average Bonchev–Trinajstić information content (AvgIpc) is 2.94. The Balaban J connectivity index is 2.06. The second-order valence-corrected chi connectivity index (χ2v) is 5.18. The van der Waals surface area contributed by atoms with Crippen LogP contribution in [0.15, 0.2) is 0 Å². The molecule has 2 heterocycles. The number of carbonyl (C=O) groups excluding carboxylic acids is 1. The molecule has 0 radical (unpaired) electrons. The molecule has 0 bridgehead atoms. The van der Waals surface area contributed by atoms with Crippen LogP contribution in [0.25, 0.3) is 0 Å². The molecule has 104 valence electrons. The van der Waals surface area contributed by atoms with Gasteiger partial charge in [0.2, 0.25) is 5.91 Å². The fourth-order valence-corrected chi connectivity index (χ4v) is 2.64. The third kappa shape index (κ3) is 2.86. The zero-order chi connectivity index (χ0) is 14.0. The minimum atomic E-state index is 0.102. The number of thiocarbonyl (C=S) groups is 1. The van der Waals surface area contributed by atoms with Crippen molar-refractivity contribution in [1.29, 1.82) is 0 Å². The minimum Gasteiger partial charge on any atom is -0.389 e. The molecule has 1 aliphatic rings.